The van der Waals surface area contributed by atoms with Crippen LogP contribution in [0, 0.1) is 0 Å². The third-order valence-electron chi connectivity index (χ3n) is 3.07. The molecule has 8 heteroatoms. The number of aryl methyl sites for hydroxylation is 1. The van der Waals surface area contributed by atoms with Gasteiger partial charge in [-0.15, -0.1) is 10.2 Å². The highest BCUT2D eigenvalue weighted by Gasteiger charge is 2.10. The molecule has 1 aromatic heterocycles. The fourth-order valence-electron chi connectivity index (χ4n) is 2.01. The van der Waals surface area contributed by atoms with Gasteiger partial charge in [0.2, 0.25) is 0 Å². The third kappa shape index (κ3) is 3.88. The molecule has 0 fully saturated rings. The van der Waals surface area contributed by atoms with Crippen LogP contribution in [0.25, 0.3) is 0 Å². The van der Waals surface area contributed by atoms with Gasteiger partial charge >= 0.3 is 6.03 Å². The van der Waals surface area contributed by atoms with Crippen molar-refractivity contribution in [2.75, 3.05) is 19.0 Å². The monoisotopic (exact) mass is 323 g/mol. The number of rotatable bonds is 6. The van der Waals surface area contributed by atoms with Crippen molar-refractivity contribution in [2.45, 2.75) is 19.9 Å². The lowest BCUT2D eigenvalue weighted by atomic mass is 10.3. The SMILES string of the molecule is CCc1nncn1CCNC(=O)Nc1cccc(Cl)c1OC. The average molecular weight is 324 g/mol. The lowest BCUT2D eigenvalue weighted by molar-refractivity contribution is 0.251. The minimum absolute atomic E-state index is 0.327. The number of carbonyl (C=O) groups is 1. The first-order valence-corrected chi connectivity index (χ1v) is 7.27. The molecule has 0 spiro atoms. The Balaban J connectivity index is 1.87. The van der Waals surface area contributed by atoms with E-state index in [1.54, 1.807) is 24.5 Å². The number of benzene rings is 1. The fourth-order valence-corrected chi connectivity index (χ4v) is 2.26. The lowest BCUT2D eigenvalue weighted by Crippen LogP contribution is -2.31. The van der Waals surface area contributed by atoms with Gasteiger partial charge < -0.3 is 19.9 Å². The maximum absolute atomic E-state index is 11.9. The Morgan fingerprint density at radius 2 is 2.27 bits per heavy atom. The molecule has 0 atom stereocenters. The molecule has 0 aliphatic heterocycles. The molecule has 2 amide bonds. The second-order valence-electron chi connectivity index (χ2n) is 4.50. The molecule has 1 heterocycles. The number of hydrogen-bond acceptors (Lipinski definition) is 4. The number of carbonyl (C=O) groups excluding carboxylic acids is 1. The normalized spacial score (nSPS) is 10.3. The molecule has 0 saturated carbocycles. The van der Waals surface area contributed by atoms with Crippen molar-refractivity contribution in [3.8, 4) is 5.75 Å². The molecule has 0 bridgehead atoms. The third-order valence-corrected chi connectivity index (χ3v) is 3.37. The van der Waals surface area contributed by atoms with Crippen molar-refractivity contribution in [1.82, 2.24) is 20.1 Å². The lowest BCUT2D eigenvalue weighted by Gasteiger charge is -2.12. The molecule has 0 aliphatic carbocycles. The van der Waals surface area contributed by atoms with E-state index in [4.69, 9.17) is 16.3 Å². The number of hydrogen-bond donors (Lipinski definition) is 2. The predicted molar refractivity (Wildman–Crippen MR) is 84.4 cm³/mol. The number of urea groups is 1. The summed E-state index contributed by atoms with van der Waals surface area (Å²) in [6, 6.07) is 4.83. The van der Waals surface area contributed by atoms with Gasteiger partial charge in [0.05, 0.1) is 17.8 Å². The van der Waals surface area contributed by atoms with Crippen LogP contribution in [0.1, 0.15) is 12.7 Å². The quantitative estimate of drug-likeness (QED) is 0.855. The summed E-state index contributed by atoms with van der Waals surface area (Å²) in [6.07, 6.45) is 2.45. The first kappa shape index (κ1) is 16.1. The van der Waals surface area contributed by atoms with Crippen molar-refractivity contribution in [3.63, 3.8) is 0 Å². The van der Waals surface area contributed by atoms with E-state index in [9.17, 15) is 4.79 Å². The molecule has 2 aromatic rings. The first-order valence-electron chi connectivity index (χ1n) is 6.89. The number of methoxy groups -OCH3 is 1. The van der Waals surface area contributed by atoms with E-state index < -0.39 is 0 Å². The summed E-state index contributed by atoms with van der Waals surface area (Å²) in [5.74, 6) is 1.32. The number of ether oxygens (including phenoxy) is 1. The zero-order valence-electron chi connectivity index (χ0n) is 12.5. The smallest absolute Gasteiger partial charge is 0.319 e. The van der Waals surface area contributed by atoms with Crippen molar-refractivity contribution in [1.29, 1.82) is 0 Å². The molecular weight excluding hydrogens is 306 g/mol. The summed E-state index contributed by atoms with van der Waals surface area (Å²) < 4.78 is 7.08. The van der Waals surface area contributed by atoms with Crippen LogP contribution in [0.4, 0.5) is 10.5 Å². The van der Waals surface area contributed by atoms with Gasteiger partial charge in [0, 0.05) is 19.5 Å². The summed E-state index contributed by atoms with van der Waals surface area (Å²) in [7, 11) is 1.50. The molecule has 2 N–H and O–H groups in total. The highest BCUT2D eigenvalue weighted by atomic mass is 35.5. The van der Waals surface area contributed by atoms with Crippen LogP contribution in [0.15, 0.2) is 24.5 Å². The highest BCUT2D eigenvalue weighted by Crippen LogP contribution is 2.32. The van der Waals surface area contributed by atoms with Crippen LogP contribution in [0.5, 0.6) is 5.75 Å². The topological polar surface area (TPSA) is 81.1 Å². The largest absolute Gasteiger partial charge is 0.493 e. The zero-order valence-corrected chi connectivity index (χ0v) is 13.2. The van der Waals surface area contributed by atoms with Crippen molar-refractivity contribution in [2.24, 2.45) is 0 Å². The number of para-hydroxylation sites is 1. The van der Waals surface area contributed by atoms with Crippen LogP contribution >= 0.6 is 11.6 Å². The van der Waals surface area contributed by atoms with E-state index in [2.05, 4.69) is 20.8 Å². The molecule has 118 valence electrons. The van der Waals surface area contributed by atoms with Crippen LogP contribution in [0.3, 0.4) is 0 Å². The first-order chi connectivity index (χ1) is 10.7. The molecule has 0 unspecified atom stereocenters. The Kier molecular flexibility index (Phi) is 5.60. The Hall–Kier alpha value is -2.28. The highest BCUT2D eigenvalue weighted by molar-refractivity contribution is 6.32. The molecule has 1 aromatic carbocycles. The van der Waals surface area contributed by atoms with Gasteiger partial charge in [-0.2, -0.15) is 0 Å². The predicted octanol–water partition coefficient (Wildman–Crippen LogP) is 2.32. The van der Waals surface area contributed by atoms with E-state index in [1.165, 1.54) is 7.11 Å². The number of halogens is 1. The van der Waals surface area contributed by atoms with Crippen molar-refractivity contribution >= 4 is 23.3 Å². The van der Waals surface area contributed by atoms with E-state index in [1.807, 2.05) is 11.5 Å². The Labute approximate surface area is 133 Å². The Morgan fingerprint density at radius 1 is 1.45 bits per heavy atom. The van der Waals surface area contributed by atoms with E-state index in [0.29, 0.717) is 29.5 Å². The second kappa shape index (κ2) is 7.65. The molecule has 0 saturated heterocycles. The van der Waals surface area contributed by atoms with E-state index >= 15 is 0 Å². The van der Waals surface area contributed by atoms with Crippen LogP contribution < -0.4 is 15.4 Å². The number of anilines is 1. The van der Waals surface area contributed by atoms with Gasteiger partial charge in [0.25, 0.3) is 0 Å². The Morgan fingerprint density at radius 3 is 3.00 bits per heavy atom. The number of nitrogens with one attached hydrogen (secondary N) is 2. The van der Waals surface area contributed by atoms with Crippen LogP contribution in [0.2, 0.25) is 5.02 Å². The van der Waals surface area contributed by atoms with E-state index in [0.717, 1.165) is 12.2 Å². The summed E-state index contributed by atoms with van der Waals surface area (Å²) in [6.45, 7) is 3.07. The number of amides is 2. The average Bonchev–Trinajstić information content (AvgIpc) is 2.95. The Bertz CT molecular complexity index is 644. The molecule has 2 rings (SSSR count). The van der Waals surface area contributed by atoms with Crippen molar-refractivity contribution in [3.05, 3.63) is 35.4 Å². The minimum Gasteiger partial charge on any atom is -0.493 e. The van der Waals surface area contributed by atoms with Gasteiger partial charge in [-0.1, -0.05) is 24.6 Å². The van der Waals surface area contributed by atoms with Gasteiger partial charge in [0.15, 0.2) is 5.75 Å². The summed E-state index contributed by atoms with van der Waals surface area (Å²) >= 11 is 6.00. The molecular formula is C14H18ClN5O2. The summed E-state index contributed by atoms with van der Waals surface area (Å²) in [5, 5.41) is 13.7. The van der Waals surface area contributed by atoms with E-state index in [-0.39, 0.29) is 6.03 Å². The van der Waals surface area contributed by atoms with Crippen LogP contribution in [-0.4, -0.2) is 34.5 Å². The van der Waals surface area contributed by atoms with Crippen LogP contribution in [-0.2, 0) is 13.0 Å². The minimum atomic E-state index is -0.327. The van der Waals surface area contributed by atoms with Gasteiger partial charge in [-0.3, -0.25) is 0 Å². The number of aromatic nitrogens is 3. The van der Waals surface area contributed by atoms with Gasteiger partial charge in [-0.05, 0) is 12.1 Å². The van der Waals surface area contributed by atoms with Gasteiger partial charge in [-0.25, -0.2) is 4.79 Å². The summed E-state index contributed by atoms with van der Waals surface area (Å²) in [5.41, 5.74) is 0.519. The zero-order chi connectivity index (χ0) is 15.9. The fraction of sp³-hybridized carbons (Fsp3) is 0.357. The number of nitrogens with zero attached hydrogens (tertiary/aromatic N) is 3. The van der Waals surface area contributed by atoms with Crippen molar-refractivity contribution < 1.29 is 9.53 Å². The maximum Gasteiger partial charge on any atom is 0.319 e. The molecule has 22 heavy (non-hydrogen) atoms. The molecule has 0 radical (unpaired) electrons. The molecule has 7 nitrogen and oxygen atoms in total. The standard InChI is InChI=1S/C14H18ClN5O2/c1-3-12-19-17-9-20(12)8-7-16-14(21)18-11-6-4-5-10(15)13(11)22-2/h4-6,9H,3,7-8H2,1-2H3,(H2,16,18,21). The molecule has 0 aliphatic rings. The van der Waals surface area contributed by atoms with Gasteiger partial charge in [0.1, 0.15) is 12.2 Å². The second-order valence-corrected chi connectivity index (χ2v) is 4.90. The summed E-state index contributed by atoms with van der Waals surface area (Å²) in [4.78, 5) is 11.9. The maximum atomic E-state index is 11.9.